The van der Waals surface area contributed by atoms with Crippen LogP contribution in [0.2, 0.25) is 5.02 Å². The third-order valence-electron chi connectivity index (χ3n) is 4.45. The van der Waals surface area contributed by atoms with E-state index in [-0.39, 0.29) is 6.10 Å². The summed E-state index contributed by atoms with van der Waals surface area (Å²) in [5, 5.41) is 3.29. The maximum atomic E-state index is 13.0. The van der Waals surface area contributed by atoms with Crippen LogP contribution >= 0.6 is 11.6 Å². The Morgan fingerprint density at radius 2 is 1.96 bits per heavy atom. The van der Waals surface area contributed by atoms with Crippen LogP contribution < -0.4 is 5.32 Å². The van der Waals surface area contributed by atoms with E-state index in [1.807, 2.05) is 6.92 Å². The molecule has 1 aromatic carbocycles. The molecular weight excluding hydrogens is 320 g/mol. The maximum absolute atomic E-state index is 13.0. The lowest BCUT2D eigenvalue weighted by Gasteiger charge is -2.26. The van der Waals surface area contributed by atoms with Gasteiger partial charge in [-0.25, -0.2) is 14.5 Å². The first-order valence-corrected chi connectivity index (χ1v) is 7.89. The standard InChI is InChI=1S/C16H17ClN2O4/c1-3-16(10-4-6-11(17)7-5-10)14(21)19(15(22)18-16)12-8-9(2)23-13(12)20/h4-7,9,12H,3,8H2,1-2H3,(H,18,22). The molecule has 3 unspecified atom stereocenters. The van der Waals surface area contributed by atoms with Crippen molar-refractivity contribution in [3.05, 3.63) is 34.9 Å². The van der Waals surface area contributed by atoms with E-state index in [0.717, 1.165) is 4.90 Å². The van der Waals surface area contributed by atoms with Gasteiger partial charge in [0.25, 0.3) is 5.91 Å². The van der Waals surface area contributed by atoms with E-state index >= 15 is 0 Å². The molecule has 23 heavy (non-hydrogen) atoms. The minimum absolute atomic E-state index is 0.305. The van der Waals surface area contributed by atoms with Gasteiger partial charge in [-0.3, -0.25) is 4.79 Å². The van der Waals surface area contributed by atoms with Crippen molar-refractivity contribution in [1.82, 2.24) is 10.2 Å². The predicted molar refractivity (Wildman–Crippen MR) is 82.8 cm³/mol. The number of carbonyl (C=O) groups is 3. The molecule has 3 atom stereocenters. The second kappa shape index (κ2) is 5.53. The Labute approximate surface area is 138 Å². The van der Waals surface area contributed by atoms with E-state index in [0.29, 0.717) is 23.4 Å². The van der Waals surface area contributed by atoms with Crippen LogP contribution in [-0.4, -0.2) is 35.0 Å². The van der Waals surface area contributed by atoms with Gasteiger partial charge in [0.2, 0.25) is 0 Å². The number of cyclic esters (lactones) is 1. The van der Waals surface area contributed by atoms with Gasteiger partial charge in [-0.1, -0.05) is 30.7 Å². The monoisotopic (exact) mass is 336 g/mol. The fourth-order valence-electron chi connectivity index (χ4n) is 3.20. The van der Waals surface area contributed by atoms with Crippen molar-refractivity contribution in [2.45, 2.75) is 44.4 Å². The summed E-state index contributed by atoms with van der Waals surface area (Å²) >= 11 is 5.90. The van der Waals surface area contributed by atoms with Crippen molar-refractivity contribution in [3.8, 4) is 0 Å². The van der Waals surface area contributed by atoms with Crippen molar-refractivity contribution in [2.75, 3.05) is 0 Å². The highest BCUT2D eigenvalue weighted by Crippen LogP contribution is 2.36. The van der Waals surface area contributed by atoms with Gasteiger partial charge >= 0.3 is 12.0 Å². The molecule has 3 amide bonds. The molecule has 2 fully saturated rings. The Morgan fingerprint density at radius 1 is 1.30 bits per heavy atom. The van der Waals surface area contributed by atoms with Crippen LogP contribution in [-0.2, 0) is 19.9 Å². The van der Waals surface area contributed by atoms with E-state index in [9.17, 15) is 14.4 Å². The summed E-state index contributed by atoms with van der Waals surface area (Å²) in [6.07, 6.45) is 0.381. The van der Waals surface area contributed by atoms with Crippen LogP contribution in [0.5, 0.6) is 0 Å². The van der Waals surface area contributed by atoms with Crippen molar-refractivity contribution < 1.29 is 19.1 Å². The second-order valence-electron chi connectivity index (χ2n) is 5.87. The molecule has 2 saturated heterocycles. The lowest BCUT2D eigenvalue weighted by molar-refractivity contribution is -0.148. The summed E-state index contributed by atoms with van der Waals surface area (Å²) in [6.45, 7) is 3.55. The van der Waals surface area contributed by atoms with Crippen LogP contribution in [0.25, 0.3) is 0 Å². The molecule has 1 aromatic rings. The van der Waals surface area contributed by atoms with E-state index in [4.69, 9.17) is 16.3 Å². The third-order valence-corrected chi connectivity index (χ3v) is 4.70. The highest BCUT2D eigenvalue weighted by atomic mass is 35.5. The molecule has 0 bridgehead atoms. The highest BCUT2D eigenvalue weighted by Gasteiger charge is 2.56. The fraction of sp³-hybridized carbons (Fsp3) is 0.438. The van der Waals surface area contributed by atoms with Crippen LogP contribution in [0.4, 0.5) is 4.79 Å². The van der Waals surface area contributed by atoms with Crippen molar-refractivity contribution in [3.63, 3.8) is 0 Å². The number of esters is 1. The number of amides is 3. The predicted octanol–water partition coefficient (Wildman–Crippen LogP) is 2.20. The Morgan fingerprint density at radius 3 is 2.48 bits per heavy atom. The van der Waals surface area contributed by atoms with E-state index < -0.39 is 29.5 Å². The summed E-state index contributed by atoms with van der Waals surface area (Å²) < 4.78 is 5.08. The average molecular weight is 337 g/mol. The van der Waals surface area contributed by atoms with E-state index in [1.54, 1.807) is 31.2 Å². The SMILES string of the molecule is CCC1(c2ccc(Cl)cc2)NC(=O)N(C2CC(C)OC2=O)C1=O. The van der Waals surface area contributed by atoms with Crippen LogP contribution in [0, 0.1) is 0 Å². The minimum Gasteiger partial charge on any atom is -0.461 e. The zero-order valence-electron chi connectivity index (χ0n) is 12.8. The van der Waals surface area contributed by atoms with Crippen LogP contribution in [0.1, 0.15) is 32.3 Å². The van der Waals surface area contributed by atoms with Gasteiger partial charge in [0.1, 0.15) is 17.7 Å². The molecule has 6 nitrogen and oxygen atoms in total. The number of hydrogen-bond donors (Lipinski definition) is 1. The zero-order valence-corrected chi connectivity index (χ0v) is 13.6. The van der Waals surface area contributed by atoms with Crippen LogP contribution in [0.3, 0.4) is 0 Å². The summed E-state index contributed by atoms with van der Waals surface area (Å²) in [5.74, 6) is -0.965. The molecule has 0 radical (unpaired) electrons. The quantitative estimate of drug-likeness (QED) is 0.678. The lowest BCUT2D eigenvalue weighted by Crippen LogP contribution is -2.46. The Kier molecular flexibility index (Phi) is 3.80. The number of ether oxygens (including phenoxy) is 1. The summed E-state index contributed by atoms with van der Waals surface area (Å²) in [6, 6.07) is 5.33. The zero-order chi connectivity index (χ0) is 16.8. The number of nitrogens with one attached hydrogen (secondary N) is 1. The largest absolute Gasteiger partial charge is 0.461 e. The van der Waals surface area contributed by atoms with Gasteiger partial charge in [-0.15, -0.1) is 0 Å². The van der Waals surface area contributed by atoms with Gasteiger partial charge in [0, 0.05) is 11.4 Å². The molecule has 122 valence electrons. The van der Waals surface area contributed by atoms with Crippen molar-refractivity contribution in [2.24, 2.45) is 0 Å². The molecule has 2 aliphatic rings. The topological polar surface area (TPSA) is 75.7 Å². The van der Waals surface area contributed by atoms with Gasteiger partial charge < -0.3 is 10.1 Å². The van der Waals surface area contributed by atoms with Gasteiger partial charge in [0.05, 0.1) is 0 Å². The number of benzene rings is 1. The van der Waals surface area contributed by atoms with Gasteiger partial charge in [-0.05, 0) is 31.0 Å². The molecule has 2 aliphatic heterocycles. The molecule has 1 N–H and O–H groups in total. The molecule has 0 aromatic heterocycles. The number of halogens is 1. The summed E-state index contributed by atoms with van der Waals surface area (Å²) in [4.78, 5) is 38.3. The van der Waals surface area contributed by atoms with Crippen LogP contribution in [0.15, 0.2) is 24.3 Å². The van der Waals surface area contributed by atoms with E-state index in [1.165, 1.54) is 0 Å². The number of imide groups is 1. The molecule has 0 aliphatic carbocycles. The van der Waals surface area contributed by atoms with Crippen molar-refractivity contribution in [1.29, 1.82) is 0 Å². The highest BCUT2D eigenvalue weighted by molar-refractivity contribution is 6.30. The Hall–Kier alpha value is -2.08. The van der Waals surface area contributed by atoms with Gasteiger partial charge in [0.15, 0.2) is 0 Å². The lowest BCUT2D eigenvalue weighted by atomic mass is 9.87. The first kappa shape index (κ1) is 15.8. The smallest absolute Gasteiger partial charge is 0.329 e. The third kappa shape index (κ3) is 2.37. The molecule has 0 spiro atoms. The summed E-state index contributed by atoms with van der Waals surface area (Å²) in [5.41, 5.74) is -0.530. The first-order valence-electron chi connectivity index (χ1n) is 7.51. The fourth-order valence-corrected chi connectivity index (χ4v) is 3.32. The average Bonchev–Trinajstić information content (AvgIpc) is 2.96. The second-order valence-corrected chi connectivity index (χ2v) is 6.31. The molecule has 3 rings (SSSR count). The Balaban J connectivity index is 1.98. The molecular formula is C16H17ClN2O4. The Bertz CT molecular complexity index is 675. The minimum atomic E-state index is -1.17. The molecule has 0 saturated carbocycles. The molecule has 7 heteroatoms. The van der Waals surface area contributed by atoms with E-state index in [2.05, 4.69) is 5.32 Å². The number of carbonyl (C=O) groups excluding carboxylic acids is 3. The summed E-state index contributed by atoms with van der Waals surface area (Å²) in [7, 11) is 0. The number of hydrogen-bond acceptors (Lipinski definition) is 4. The maximum Gasteiger partial charge on any atom is 0.329 e. The number of rotatable bonds is 3. The van der Waals surface area contributed by atoms with Gasteiger partial charge in [-0.2, -0.15) is 0 Å². The first-order chi connectivity index (χ1) is 10.9. The number of nitrogens with zero attached hydrogens (tertiary/aromatic N) is 1. The number of urea groups is 1. The normalized spacial score (nSPS) is 30.6. The molecule has 2 heterocycles. The van der Waals surface area contributed by atoms with Crippen molar-refractivity contribution >= 4 is 29.5 Å².